The molecule has 0 amide bonds. The summed E-state index contributed by atoms with van der Waals surface area (Å²) < 4.78 is 10.7. The molecule has 124 valence electrons. The molecule has 1 aromatic carbocycles. The van der Waals surface area contributed by atoms with Gasteiger partial charge in [-0.25, -0.2) is 9.59 Å². The Kier molecular flexibility index (Phi) is 6.20. The lowest BCUT2D eigenvalue weighted by Gasteiger charge is -2.07. The van der Waals surface area contributed by atoms with Gasteiger partial charge in [0.1, 0.15) is 16.9 Å². The number of benzene rings is 1. The molecule has 23 heavy (non-hydrogen) atoms. The minimum Gasteiger partial charge on any atom is -0.493 e. The number of aromatic carboxylic acids is 1. The van der Waals surface area contributed by atoms with Crippen molar-refractivity contribution in [3.8, 4) is 5.75 Å². The van der Waals surface area contributed by atoms with Crippen LogP contribution in [0.3, 0.4) is 0 Å². The van der Waals surface area contributed by atoms with E-state index >= 15 is 0 Å². The summed E-state index contributed by atoms with van der Waals surface area (Å²) in [6.07, 6.45) is 7.14. The van der Waals surface area contributed by atoms with Crippen LogP contribution < -0.4 is 10.4 Å². The summed E-state index contributed by atoms with van der Waals surface area (Å²) in [6.45, 7) is 2.82. The van der Waals surface area contributed by atoms with Gasteiger partial charge in [-0.05, 0) is 24.6 Å². The van der Waals surface area contributed by atoms with E-state index in [2.05, 4.69) is 6.92 Å². The second-order valence-electron chi connectivity index (χ2n) is 5.57. The van der Waals surface area contributed by atoms with E-state index < -0.39 is 11.6 Å². The van der Waals surface area contributed by atoms with Gasteiger partial charge in [0.05, 0.1) is 6.61 Å². The lowest BCUT2D eigenvalue weighted by atomic mass is 10.1. The Bertz CT molecular complexity index is 717. The molecule has 0 unspecified atom stereocenters. The van der Waals surface area contributed by atoms with Gasteiger partial charge in [-0.2, -0.15) is 0 Å². The van der Waals surface area contributed by atoms with Gasteiger partial charge in [-0.1, -0.05) is 39.0 Å². The van der Waals surface area contributed by atoms with E-state index in [0.29, 0.717) is 23.3 Å². The second kappa shape index (κ2) is 8.36. The van der Waals surface area contributed by atoms with Gasteiger partial charge < -0.3 is 14.3 Å². The first-order valence-electron chi connectivity index (χ1n) is 8.06. The van der Waals surface area contributed by atoms with Gasteiger partial charge in [-0.3, -0.25) is 0 Å². The zero-order chi connectivity index (χ0) is 16.7. The molecular weight excluding hydrogens is 296 g/mol. The highest BCUT2D eigenvalue weighted by molar-refractivity contribution is 5.91. The van der Waals surface area contributed by atoms with Crippen LogP contribution in [0.5, 0.6) is 5.75 Å². The van der Waals surface area contributed by atoms with Gasteiger partial charge in [0.15, 0.2) is 0 Å². The first-order valence-corrected chi connectivity index (χ1v) is 8.06. The largest absolute Gasteiger partial charge is 0.493 e. The number of hydrogen-bond acceptors (Lipinski definition) is 4. The van der Waals surface area contributed by atoms with Crippen molar-refractivity contribution in [1.82, 2.24) is 0 Å². The Morgan fingerprint density at radius 2 is 1.87 bits per heavy atom. The molecule has 5 nitrogen and oxygen atoms in total. The van der Waals surface area contributed by atoms with Crippen LogP contribution in [0.2, 0.25) is 0 Å². The summed E-state index contributed by atoms with van der Waals surface area (Å²) >= 11 is 0. The van der Waals surface area contributed by atoms with Crippen molar-refractivity contribution in [3.05, 3.63) is 40.2 Å². The van der Waals surface area contributed by atoms with Crippen molar-refractivity contribution in [3.63, 3.8) is 0 Å². The molecule has 2 aromatic rings. The summed E-state index contributed by atoms with van der Waals surface area (Å²) in [7, 11) is 0. The average molecular weight is 318 g/mol. The minimum atomic E-state index is -1.29. The lowest BCUT2D eigenvalue weighted by Crippen LogP contribution is -2.12. The first kappa shape index (κ1) is 17.1. The molecule has 0 aliphatic heterocycles. The summed E-state index contributed by atoms with van der Waals surface area (Å²) in [4.78, 5) is 22.5. The number of carboxylic acid groups (broad SMARTS) is 1. The summed E-state index contributed by atoms with van der Waals surface area (Å²) in [5, 5.41) is 9.48. The molecule has 0 atom stereocenters. The third-order valence-electron chi connectivity index (χ3n) is 3.70. The molecule has 2 rings (SSSR count). The second-order valence-corrected chi connectivity index (χ2v) is 5.57. The molecule has 1 aromatic heterocycles. The standard InChI is InChI=1S/C18H22O5/c1-2-3-4-5-6-7-10-22-14-9-8-13-11-15(17(19)20)18(21)23-16(13)12-14/h8-9,11-12H,2-7,10H2,1H3,(H,19,20). The van der Waals surface area contributed by atoms with Crippen LogP contribution in [0.15, 0.2) is 33.5 Å². The van der Waals surface area contributed by atoms with Gasteiger partial charge in [0, 0.05) is 11.5 Å². The van der Waals surface area contributed by atoms with E-state index in [4.69, 9.17) is 14.3 Å². The molecule has 0 saturated carbocycles. The number of rotatable bonds is 9. The molecule has 0 aliphatic rings. The van der Waals surface area contributed by atoms with Crippen molar-refractivity contribution >= 4 is 16.9 Å². The van der Waals surface area contributed by atoms with Crippen LogP contribution in [-0.2, 0) is 0 Å². The van der Waals surface area contributed by atoms with Crippen LogP contribution in [-0.4, -0.2) is 17.7 Å². The van der Waals surface area contributed by atoms with Crippen molar-refractivity contribution in [2.24, 2.45) is 0 Å². The van der Waals surface area contributed by atoms with Gasteiger partial charge in [-0.15, -0.1) is 0 Å². The Hall–Kier alpha value is -2.30. The van der Waals surface area contributed by atoms with E-state index in [-0.39, 0.29) is 5.56 Å². The zero-order valence-electron chi connectivity index (χ0n) is 13.3. The molecular formula is C18H22O5. The number of carbonyl (C=O) groups is 1. The summed E-state index contributed by atoms with van der Waals surface area (Å²) in [6, 6.07) is 6.40. The Labute approximate surface area is 134 Å². The molecule has 0 aliphatic carbocycles. The summed E-state index contributed by atoms with van der Waals surface area (Å²) in [5.41, 5.74) is -0.878. The maximum absolute atomic E-state index is 11.6. The first-order chi connectivity index (χ1) is 11.1. The highest BCUT2D eigenvalue weighted by Gasteiger charge is 2.12. The highest BCUT2D eigenvalue weighted by Crippen LogP contribution is 2.21. The SMILES string of the molecule is CCCCCCCCOc1ccc2cc(C(=O)O)c(=O)oc2c1. The van der Waals surface area contributed by atoms with Crippen LogP contribution >= 0.6 is 0 Å². The third kappa shape index (κ3) is 4.84. The van der Waals surface area contributed by atoms with Crippen molar-refractivity contribution < 1.29 is 19.1 Å². The maximum atomic E-state index is 11.6. The highest BCUT2D eigenvalue weighted by atomic mass is 16.5. The van der Waals surface area contributed by atoms with E-state index in [1.165, 1.54) is 31.7 Å². The number of fused-ring (bicyclic) bond motifs is 1. The fourth-order valence-electron chi connectivity index (χ4n) is 2.40. The minimum absolute atomic E-state index is 0.334. The van der Waals surface area contributed by atoms with E-state index in [1.54, 1.807) is 18.2 Å². The zero-order valence-corrected chi connectivity index (χ0v) is 13.3. The van der Waals surface area contributed by atoms with Crippen LogP contribution in [0.1, 0.15) is 55.8 Å². The Balaban J connectivity index is 1.94. The molecule has 5 heteroatoms. The Morgan fingerprint density at radius 3 is 2.61 bits per heavy atom. The van der Waals surface area contributed by atoms with Gasteiger partial charge in [0.25, 0.3) is 0 Å². The number of unbranched alkanes of at least 4 members (excludes halogenated alkanes) is 5. The number of carboxylic acids is 1. The van der Waals surface area contributed by atoms with Crippen molar-refractivity contribution in [2.45, 2.75) is 45.4 Å². The molecule has 0 saturated heterocycles. The van der Waals surface area contributed by atoms with Crippen LogP contribution in [0, 0.1) is 0 Å². The average Bonchev–Trinajstić information content (AvgIpc) is 2.53. The molecule has 0 spiro atoms. The van der Waals surface area contributed by atoms with Crippen LogP contribution in [0.4, 0.5) is 0 Å². The monoisotopic (exact) mass is 318 g/mol. The molecule has 0 bridgehead atoms. The fraction of sp³-hybridized carbons (Fsp3) is 0.444. The molecule has 1 N–H and O–H groups in total. The quantitative estimate of drug-likeness (QED) is 0.553. The predicted octanol–water partition coefficient (Wildman–Crippen LogP) is 4.23. The van der Waals surface area contributed by atoms with E-state index in [0.717, 1.165) is 12.8 Å². The van der Waals surface area contributed by atoms with E-state index in [9.17, 15) is 9.59 Å². The van der Waals surface area contributed by atoms with E-state index in [1.807, 2.05) is 0 Å². The molecule has 1 heterocycles. The molecule has 0 fully saturated rings. The van der Waals surface area contributed by atoms with Crippen molar-refractivity contribution in [2.75, 3.05) is 6.61 Å². The lowest BCUT2D eigenvalue weighted by molar-refractivity contribution is 0.0692. The fourth-order valence-corrected chi connectivity index (χ4v) is 2.40. The van der Waals surface area contributed by atoms with Crippen molar-refractivity contribution in [1.29, 1.82) is 0 Å². The molecule has 0 radical (unpaired) electrons. The number of hydrogen-bond donors (Lipinski definition) is 1. The van der Waals surface area contributed by atoms with Gasteiger partial charge in [0.2, 0.25) is 0 Å². The third-order valence-corrected chi connectivity index (χ3v) is 3.70. The Morgan fingerprint density at radius 1 is 1.13 bits per heavy atom. The summed E-state index contributed by atoms with van der Waals surface area (Å²) in [5.74, 6) is -0.665. The predicted molar refractivity (Wildman–Crippen MR) is 88.3 cm³/mol. The topological polar surface area (TPSA) is 76.7 Å². The van der Waals surface area contributed by atoms with Gasteiger partial charge >= 0.3 is 11.6 Å². The van der Waals surface area contributed by atoms with Crippen LogP contribution in [0.25, 0.3) is 11.0 Å². The normalized spacial score (nSPS) is 10.8. The number of ether oxygens (including phenoxy) is 1. The maximum Gasteiger partial charge on any atom is 0.351 e. The smallest absolute Gasteiger partial charge is 0.351 e.